The maximum atomic E-state index is 13.1. The van der Waals surface area contributed by atoms with Crippen molar-refractivity contribution in [3.63, 3.8) is 0 Å². The van der Waals surface area contributed by atoms with Crippen molar-refractivity contribution in [2.24, 2.45) is 0 Å². The van der Waals surface area contributed by atoms with Gasteiger partial charge in [0.2, 0.25) is 0 Å². The van der Waals surface area contributed by atoms with Crippen molar-refractivity contribution in [3.8, 4) is 0 Å². The Hall–Kier alpha value is -2.49. The van der Waals surface area contributed by atoms with Crippen molar-refractivity contribution in [1.82, 2.24) is 4.98 Å². The van der Waals surface area contributed by atoms with Gasteiger partial charge >= 0.3 is 0 Å². The van der Waals surface area contributed by atoms with E-state index in [1.54, 1.807) is 11.3 Å². The molecule has 0 radical (unpaired) electrons. The molecule has 1 aliphatic heterocycles. The van der Waals surface area contributed by atoms with Crippen molar-refractivity contribution in [1.29, 1.82) is 0 Å². The van der Waals surface area contributed by atoms with E-state index in [2.05, 4.69) is 30.0 Å². The van der Waals surface area contributed by atoms with Crippen molar-refractivity contribution in [2.75, 3.05) is 18.0 Å². The Morgan fingerprint density at radius 1 is 1.22 bits per heavy atom. The smallest absolute Gasteiger partial charge is 0.289 e. The second-order valence-electron chi connectivity index (χ2n) is 7.89. The molecule has 2 heterocycles. The van der Waals surface area contributed by atoms with Gasteiger partial charge in [0.15, 0.2) is 15.0 Å². The quantitative estimate of drug-likeness (QED) is 0.354. The van der Waals surface area contributed by atoms with Gasteiger partial charge < -0.3 is 4.90 Å². The summed E-state index contributed by atoms with van der Waals surface area (Å²) in [6, 6.07) is 12.0. The van der Waals surface area contributed by atoms with Crippen LogP contribution >= 0.6 is 22.9 Å². The molecule has 1 aromatic heterocycles. The first-order valence-corrected chi connectivity index (χ1v) is 13.0. The minimum atomic E-state index is -3.69. The zero-order valence-electron chi connectivity index (χ0n) is 17.4. The second-order valence-corrected chi connectivity index (χ2v) is 11.4. The van der Waals surface area contributed by atoms with Gasteiger partial charge in [-0.3, -0.25) is 10.1 Å². The molecule has 0 N–H and O–H groups in total. The number of hydrogen-bond acceptors (Lipinski definition) is 7. The van der Waals surface area contributed by atoms with Crippen LogP contribution in [0.5, 0.6) is 0 Å². The van der Waals surface area contributed by atoms with Crippen LogP contribution in [0.4, 0.5) is 10.8 Å². The topological polar surface area (TPSA) is 93.4 Å². The summed E-state index contributed by atoms with van der Waals surface area (Å²) < 4.78 is 26.1. The molecule has 0 bridgehead atoms. The number of thiazole rings is 1. The van der Waals surface area contributed by atoms with Crippen LogP contribution in [0, 0.1) is 17.0 Å². The summed E-state index contributed by atoms with van der Waals surface area (Å²) in [6.45, 7) is 3.20. The SMILES string of the molecule is Cc1cccc(Cc2csc(N3CCC(S(=O)(=O)c4ccc(Cl)c([N+](=O)[O-])c4)CC3)n2)c1. The highest BCUT2D eigenvalue weighted by Gasteiger charge is 2.33. The predicted octanol–water partition coefficient (Wildman–Crippen LogP) is 5.05. The largest absolute Gasteiger partial charge is 0.348 e. The van der Waals surface area contributed by atoms with Crippen molar-refractivity contribution in [3.05, 3.63) is 79.8 Å². The number of nitro groups is 1. The third kappa shape index (κ3) is 4.79. The molecular formula is C22H22ClN3O4S2. The van der Waals surface area contributed by atoms with Crippen LogP contribution in [0.3, 0.4) is 0 Å². The first-order chi connectivity index (χ1) is 15.2. The summed E-state index contributed by atoms with van der Waals surface area (Å²) in [4.78, 5) is 17.3. The van der Waals surface area contributed by atoms with E-state index in [-0.39, 0.29) is 9.92 Å². The Labute approximate surface area is 195 Å². The average Bonchev–Trinajstić information content (AvgIpc) is 3.22. The molecule has 3 aromatic rings. The molecule has 7 nitrogen and oxygen atoms in total. The zero-order valence-corrected chi connectivity index (χ0v) is 19.8. The number of halogens is 1. The highest BCUT2D eigenvalue weighted by Crippen LogP contribution is 2.33. The predicted molar refractivity (Wildman–Crippen MR) is 127 cm³/mol. The monoisotopic (exact) mass is 491 g/mol. The fourth-order valence-corrected chi connectivity index (χ4v) is 6.73. The van der Waals surface area contributed by atoms with Gasteiger partial charge in [-0.05, 0) is 37.5 Å². The summed E-state index contributed by atoms with van der Waals surface area (Å²) in [6.07, 6.45) is 1.63. The van der Waals surface area contributed by atoms with Crippen molar-refractivity contribution < 1.29 is 13.3 Å². The molecule has 168 valence electrons. The molecule has 1 aliphatic rings. The molecule has 10 heteroatoms. The third-order valence-corrected chi connectivity index (χ3v) is 9.13. The van der Waals surface area contributed by atoms with Gasteiger partial charge in [-0.15, -0.1) is 11.3 Å². The molecule has 0 aliphatic carbocycles. The first-order valence-electron chi connectivity index (χ1n) is 10.2. The van der Waals surface area contributed by atoms with Gasteiger partial charge in [0.05, 0.1) is 20.8 Å². The number of nitro benzene ring substituents is 1. The molecule has 0 saturated carbocycles. The number of benzene rings is 2. The van der Waals surface area contributed by atoms with Gasteiger partial charge in [0, 0.05) is 31.0 Å². The molecular weight excluding hydrogens is 470 g/mol. The normalized spacial score (nSPS) is 15.1. The number of aromatic nitrogens is 1. The average molecular weight is 492 g/mol. The lowest BCUT2D eigenvalue weighted by Crippen LogP contribution is -2.39. The van der Waals surface area contributed by atoms with E-state index >= 15 is 0 Å². The van der Waals surface area contributed by atoms with E-state index < -0.39 is 25.7 Å². The number of piperidine rings is 1. The summed E-state index contributed by atoms with van der Waals surface area (Å²) in [5, 5.41) is 13.4. The van der Waals surface area contributed by atoms with Gasteiger partial charge in [-0.2, -0.15) is 0 Å². The van der Waals surface area contributed by atoms with E-state index in [0.717, 1.165) is 23.3 Å². The number of anilines is 1. The maximum absolute atomic E-state index is 13.1. The second kappa shape index (κ2) is 9.17. The van der Waals surface area contributed by atoms with E-state index in [4.69, 9.17) is 16.6 Å². The van der Waals surface area contributed by atoms with Crippen LogP contribution in [0.2, 0.25) is 5.02 Å². The molecule has 32 heavy (non-hydrogen) atoms. The van der Waals surface area contributed by atoms with Crippen LogP contribution in [0.1, 0.15) is 29.7 Å². The Morgan fingerprint density at radius 3 is 2.66 bits per heavy atom. The van der Waals surface area contributed by atoms with Gasteiger partial charge in [-0.25, -0.2) is 13.4 Å². The summed E-state index contributed by atoms with van der Waals surface area (Å²) in [5.41, 5.74) is 3.03. The van der Waals surface area contributed by atoms with Gasteiger partial charge in [0.1, 0.15) is 5.02 Å². The molecule has 0 atom stereocenters. The van der Waals surface area contributed by atoms with E-state index in [0.29, 0.717) is 25.9 Å². The standard InChI is InChI=1S/C22H22ClN3O4S2/c1-15-3-2-4-16(11-15)12-17-14-31-22(24-17)25-9-7-18(8-10-25)32(29,30)19-5-6-20(23)21(13-19)26(27)28/h2-6,11,13-14,18H,7-10,12H2,1H3. The summed E-state index contributed by atoms with van der Waals surface area (Å²) >= 11 is 7.39. The number of nitrogens with zero attached hydrogens (tertiary/aromatic N) is 3. The zero-order chi connectivity index (χ0) is 22.9. The van der Waals surface area contributed by atoms with Crippen LogP contribution < -0.4 is 4.90 Å². The maximum Gasteiger partial charge on any atom is 0.289 e. The Bertz CT molecular complexity index is 1250. The number of hydrogen-bond donors (Lipinski definition) is 0. The lowest BCUT2D eigenvalue weighted by atomic mass is 10.1. The van der Waals surface area contributed by atoms with E-state index in [1.165, 1.54) is 23.3 Å². The number of rotatable bonds is 6. The van der Waals surface area contributed by atoms with Gasteiger partial charge in [-0.1, -0.05) is 41.4 Å². The van der Waals surface area contributed by atoms with Crippen molar-refractivity contribution >= 4 is 43.6 Å². The number of sulfone groups is 1. The fourth-order valence-electron chi connectivity index (χ4n) is 3.91. The van der Waals surface area contributed by atoms with Gasteiger partial charge in [0.25, 0.3) is 5.69 Å². The van der Waals surface area contributed by atoms with Crippen LogP contribution in [0.15, 0.2) is 52.7 Å². The summed E-state index contributed by atoms with van der Waals surface area (Å²) in [5.74, 6) is 0. The minimum Gasteiger partial charge on any atom is -0.348 e. The van der Waals surface area contributed by atoms with E-state index in [1.807, 2.05) is 11.4 Å². The summed E-state index contributed by atoms with van der Waals surface area (Å²) in [7, 11) is -3.69. The first kappa shape index (κ1) is 22.7. The van der Waals surface area contributed by atoms with E-state index in [9.17, 15) is 18.5 Å². The van der Waals surface area contributed by atoms with Crippen LogP contribution in [-0.4, -0.2) is 36.7 Å². The molecule has 0 spiro atoms. The molecule has 0 unspecified atom stereocenters. The van der Waals surface area contributed by atoms with Crippen LogP contribution in [0.25, 0.3) is 0 Å². The minimum absolute atomic E-state index is 0.0539. The molecule has 2 aromatic carbocycles. The Balaban J connectivity index is 1.42. The molecule has 0 amide bonds. The Morgan fingerprint density at radius 2 is 1.97 bits per heavy atom. The Kier molecular flexibility index (Phi) is 6.50. The van der Waals surface area contributed by atoms with Crippen molar-refractivity contribution in [2.45, 2.75) is 36.3 Å². The number of aryl methyl sites for hydroxylation is 1. The molecule has 1 saturated heterocycles. The highest BCUT2D eigenvalue weighted by atomic mass is 35.5. The molecule has 4 rings (SSSR count). The lowest BCUT2D eigenvalue weighted by molar-refractivity contribution is -0.384. The van der Waals surface area contributed by atoms with Crippen LogP contribution in [-0.2, 0) is 16.3 Å². The molecule has 1 fully saturated rings. The fraction of sp³-hybridized carbons (Fsp3) is 0.318. The lowest BCUT2D eigenvalue weighted by Gasteiger charge is -2.31. The third-order valence-electron chi connectivity index (χ3n) is 5.60. The highest BCUT2D eigenvalue weighted by molar-refractivity contribution is 7.92.